The second-order valence-electron chi connectivity index (χ2n) is 8.85. The van der Waals surface area contributed by atoms with Crippen molar-refractivity contribution in [2.75, 3.05) is 25.0 Å². The highest BCUT2D eigenvalue weighted by molar-refractivity contribution is 7.15. The molecule has 1 fully saturated rings. The maximum atomic E-state index is 13.0. The van der Waals surface area contributed by atoms with Crippen LogP contribution >= 0.6 is 11.3 Å². The van der Waals surface area contributed by atoms with E-state index in [-0.39, 0.29) is 12.0 Å². The predicted molar refractivity (Wildman–Crippen MR) is 136 cm³/mol. The fraction of sp³-hybridized carbons (Fsp3) is 0.360. The summed E-state index contributed by atoms with van der Waals surface area (Å²) < 4.78 is 39.0. The van der Waals surface area contributed by atoms with Gasteiger partial charge >= 0.3 is 12.2 Å². The van der Waals surface area contributed by atoms with Gasteiger partial charge in [0.25, 0.3) is 0 Å². The van der Waals surface area contributed by atoms with E-state index in [1.54, 1.807) is 29.3 Å². The largest absolute Gasteiger partial charge is 0.433 e. The molecule has 0 radical (unpaired) electrons. The van der Waals surface area contributed by atoms with Crippen molar-refractivity contribution in [1.29, 1.82) is 0 Å². The Morgan fingerprint density at radius 1 is 1.27 bits per heavy atom. The minimum atomic E-state index is -4.57. The molecule has 3 N–H and O–H groups in total. The Bertz CT molecular complexity index is 1280. The molecule has 4 rings (SSSR count). The van der Waals surface area contributed by atoms with E-state index in [0.717, 1.165) is 28.3 Å². The molecule has 0 saturated carbocycles. The van der Waals surface area contributed by atoms with Crippen molar-refractivity contribution in [3.05, 3.63) is 65.6 Å². The van der Waals surface area contributed by atoms with Gasteiger partial charge in [-0.3, -0.25) is 0 Å². The first-order chi connectivity index (χ1) is 17.6. The molecule has 1 saturated heterocycles. The summed E-state index contributed by atoms with van der Waals surface area (Å²) in [7, 11) is 0. The van der Waals surface area contributed by atoms with Crippen molar-refractivity contribution in [3.63, 3.8) is 0 Å². The van der Waals surface area contributed by atoms with Gasteiger partial charge in [-0.15, -0.1) is 17.9 Å². The number of anilines is 2. The topological polar surface area (TPSA) is 103 Å². The summed E-state index contributed by atoms with van der Waals surface area (Å²) in [4.78, 5) is 26.7. The van der Waals surface area contributed by atoms with Crippen molar-refractivity contribution in [3.8, 4) is 10.4 Å². The van der Waals surface area contributed by atoms with Gasteiger partial charge in [0.15, 0.2) is 0 Å². The van der Waals surface area contributed by atoms with Crippen LogP contribution in [0.5, 0.6) is 0 Å². The molecule has 12 heteroatoms. The number of carbonyl (C=O) groups excluding carboxylic acids is 1. The molecule has 0 aliphatic carbocycles. The van der Waals surface area contributed by atoms with Crippen molar-refractivity contribution in [1.82, 2.24) is 25.2 Å². The number of rotatable bonds is 6. The van der Waals surface area contributed by atoms with Crippen LogP contribution in [0.4, 0.5) is 29.6 Å². The van der Waals surface area contributed by atoms with E-state index in [1.165, 1.54) is 11.3 Å². The predicted octanol–water partition coefficient (Wildman–Crippen LogP) is 5.24. The Kier molecular flexibility index (Phi) is 7.79. The zero-order valence-corrected chi connectivity index (χ0v) is 21.0. The average molecular weight is 533 g/mol. The Morgan fingerprint density at radius 2 is 2.08 bits per heavy atom. The highest BCUT2D eigenvalue weighted by Gasteiger charge is 2.36. The van der Waals surface area contributed by atoms with Crippen LogP contribution in [0, 0.1) is 6.92 Å². The Morgan fingerprint density at radius 3 is 2.84 bits per heavy atom. The summed E-state index contributed by atoms with van der Waals surface area (Å²) in [5.41, 5.74) is 0.00170. The minimum absolute atomic E-state index is 0.161. The number of nitrogens with one attached hydrogen (secondary N) is 2. The van der Waals surface area contributed by atoms with Gasteiger partial charge in [-0.05, 0) is 49.1 Å². The van der Waals surface area contributed by atoms with Crippen molar-refractivity contribution in [2.45, 2.75) is 38.0 Å². The quantitative estimate of drug-likeness (QED) is 0.375. The molecule has 1 atom stereocenters. The van der Waals surface area contributed by atoms with Crippen molar-refractivity contribution in [2.24, 2.45) is 0 Å². The van der Waals surface area contributed by atoms with Crippen LogP contribution in [-0.4, -0.2) is 50.6 Å². The number of hydrogen-bond acceptors (Lipinski definition) is 7. The van der Waals surface area contributed by atoms with Gasteiger partial charge in [-0.25, -0.2) is 19.7 Å². The van der Waals surface area contributed by atoms with Gasteiger partial charge in [0.05, 0.1) is 4.88 Å². The van der Waals surface area contributed by atoms with Crippen LogP contribution in [-0.2, 0) is 11.8 Å². The highest BCUT2D eigenvalue weighted by Crippen LogP contribution is 2.39. The highest BCUT2D eigenvalue weighted by atomic mass is 32.1. The second-order valence-corrected chi connectivity index (χ2v) is 9.88. The van der Waals surface area contributed by atoms with E-state index in [2.05, 4.69) is 32.2 Å². The molecule has 3 heterocycles. The standard InChI is InChI=1S/C25H27F3N6O2S/c1-3-8-30-23(35)34-10-4-6-24(36,7-11-34)21-31-15-19(37-21)17-12-16(2)13-18(14-17)32-22-29-9-5-20(33-22)25(26,27)28/h3,5,9,12-15,36H,1,4,6-8,10-11H2,2H3,(H,30,35)(H,29,32,33). The number of nitrogens with zero attached hydrogens (tertiary/aromatic N) is 4. The molecule has 1 unspecified atom stereocenters. The smallest absolute Gasteiger partial charge is 0.383 e. The Hall–Kier alpha value is -3.51. The van der Waals surface area contributed by atoms with Gasteiger partial charge in [0.1, 0.15) is 16.3 Å². The number of hydrogen-bond donors (Lipinski definition) is 3. The first-order valence-electron chi connectivity index (χ1n) is 11.7. The number of amides is 2. The average Bonchev–Trinajstić information content (AvgIpc) is 3.27. The van der Waals surface area contributed by atoms with Crippen LogP contribution in [0.1, 0.15) is 35.5 Å². The third kappa shape index (κ3) is 6.44. The molecule has 2 aromatic heterocycles. The first-order valence-corrected chi connectivity index (χ1v) is 12.5. The summed E-state index contributed by atoms with van der Waals surface area (Å²) in [6, 6.07) is 6.11. The van der Waals surface area contributed by atoms with Crippen molar-refractivity contribution < 1.29 is 23.1 Å². The van der Waals surface area contributed by atoms with Gasteiger partial charge < -0.3 is 20.6 Å². The number of aromatic nitrogens is 3. The molecule has 1 aliphatic rings. The van der Waals surface area contributed by atoms with Gasteiger partial charge in [-0.2, -0.15) is 13.2 Å². The molecule has 0 bridgehead atoms. The molecular formula is C25H27F3N6O2S. The third-order valence-electron chi connectivity index (χ3n) is 5.97. The second kappa shape index (κ2) is 10.9. The lowest BCUT2D eigenvalue weighted by Gasteiger charge is -2.24. The molecule has 1 aromatic carbocycles. The maximum absolute atomic E-state index is 13.0. The molecule has 37 heavy (non-hydrogen) atoms. The number of alkyl halides is 3. The summed E-state index contributed by atoms with van der Waals surface area (Å²) in [5.74, 6) is -0.161. The molecular weight excluding hydrogens is 505 g/mol. The van der Waals surface area contributed by atoms with Gasteiger partial charge in [0.2, 0.25) is 5.95 Å². The zero-order chi connectivity index (χ0) is 26.6. The molecule has 1 aliphatic heterocycles. The molecule has 196 valence electrons. The van der Waals surface area contributed by atoms with E-state index in [0.29, 0.717) is 49.6 Å². The van der Waals surface area contributed by atoms with Gasteiger partial charge in [-0.1, -0.05) is 12.1 Å². The first kappa shape index (κ1) is 26.6. The number of urea groups is 1. The summed E-state index contributed by atoms with van der Waals surface area (Å²) >= 11 is 1.35. The molecule has 8 nitrogen and oxygen atoms in total. The number of carbonyl (C=O) groups is 1. The third-order valence-corrected chi connectivity index (χ3v) is 7.21. The lowest BCUT2D eigenvalue weighted by atomic mass is 9.96. The maximum Gasteiger partial charge on any atom is 0.433 e. The van der Waals surface area contributed by atoms with Gasteiger partial charge in [0, 0.05) is 44.1 Å². The molecule has 2 amide bonds. The van der Waals surface area contributed by atoms with E-state index >= 15 is 0 Å². The van der Waals surface area contributed by atoms with Crippen LogP contribution in [0.15, 0.2) is 49.3 Å². The van der Waals surface area contributed by atoms with E-state index in [9.17, 15) is 23.1 Å². The number of thiazole rings is 1. The fourth-order valence-electron chi connectivity index (χ4n) is 4.13. The number of benzene rings is 1. The molecule has 0 spiro atoms. The number of likely N-dealkylation sites (tertiary alicyclic amines) is 1. The van der Waals surface area contributed by atoms with E-state index < -0.39 is 17.5 Å². The SMILES string of the molecule is C=CCNC(=O)N1CCCC(O)(c2ncc(-c3cc(C)cc(Nc4nccc(C(F)(F)F)n4)c3)s2)CC1. The normalized spacial score (nSPS) is 18.2. The number of aliphatic hydroxyl groups is 1. The number of aryl methyl sites for hydroxylation is 1. The van der Waals surface area contributed by atoms with Crippen LogP contribution in [0.2, 0.25) is 0 Å². The minimum Gasteiger partial charge on any atom is -0.383 e. The zero-order valence-electron chi connectivity index (χ0n) is 20.2. The van der Waals surface area contributed by atoms with Crippen LogP contribution in [0.3, 0.4) is 0 Å². The lowest BCUT2D eigenvalue weighted by molar-refractivity contribution is -0.141. The fourth-order valence-corrected chi connectivity index (χ4v) is 5.18. The van der Waals surface area contributed by atoms with Crippen molar-refractivity contribution >= 4 is 29.0 Å². The lowest BCUT2D eigenvalue weighted by Crippen LogP contribution is -2.41. The Labute approximate surface area is 216 Å². The monoisotopic (exact) mass is 532 g/mol. The van der Waals surface area contributed by atoms with E-state index in [4.69, 9.17) is 0 Å². The van der Waals surface area contributed by atoms with Crippen LogP contribution < -0.4 is 10.6 Å². The summed E-state index contributed by atoms with van der Waals surface area (Å²) in [6.07, 6.45) is 1.23. The van der Waals surface area contributed by atoms with Crippen LogP contribution in [0.25, 0.3) is 10.4 Å². The summed E-state index contributed by atoms with van der Waals surface area (Å²) in [6.45, 7) is 6.77. The number of halogens is 3. The van der Waals surface area contributed by atoms with E-state index in [1.807, 2.05) is 13.0 Å². The Balaban J connectivity index is 1.51. The molecule has 3 aromatic rings. The summed E-state index contributed by atoms with van der Waals surface area (Å²) in [5, 5.41) is 17.6.